The molecule has 130 valence electrons. The van der Waals surface area contributed by atoms with Gasteiger partial charge in [-0.05, 0) is 44.5 Å². The van der Waals surface area contributed by atoms with E-state index in [-0.39, 0.29) is 34.8 Å². The van der Waals surface area contributed by atoms with Crippen molar-refractivity contribution in [3.63, 3.8) is 0 Å². The van der Waals surface area contributed by atoms with Gasteiger partial charge in [0.1, 0.15) is 0 Å². The molecular weight excluding hydrogens is 340 g/mol. The Bertz CT molecular complexity index is 663. The summed E-state index contributed by atoms with van der Waals surface area (Å²) in [5, 5.41) is 3.23. The normalized spacial score (nSPS) is 21.3. The van der Waals surface area contributed by atoms with Gasteiger partial charge in [0.25, 0.3) is 0 Å². The molecule has 0 aliphatic carbocycles. The van der Waals surface area contributed by atoms with Crippen LogP contribution in [0.3, 0.4) is 0 Å². The number of benzene rings is 1. The first-order valence-corrected chi connectivity index (χ1v) is 8.75. The summed E-state index contributed by atoms with van der Waals surface area (Å²) in [6, 6.07) is 4.52. The smallest absolute Gasteiger partial charge is 0.339 e. The number of hydrogen-bond acceptors (Lipinski definition) is 5. The number of rotatable bonds is 4. The van der Waals surface area contributed by atoms with Crippen molar-refractivity contribution in [3.05, 3.63) is 29.3 Å². The van der Waals surface area contributed by atoms with Crippen molar-refractivity contribution in [2.24, 2.45) is 5.92 Å². The molecule has 0 radical (unpaired) electrons. The monoisotopic (exact) mass is 362 g/mol. The molecule has 1 saturated heterocycles. The molecule has 0 saturated carbocycles. The summed E-state index contributed by atoms with van der Waals surface area (Å²) in [5.41, 5.74) is 0.867. The van der Waals surface area contributed by atoms with Crippen LogP contribution in [0.25, 0.3) is 0 Å². The topological polar surface area (TPSA) is 84.5 Å². The first-order valence-electron chi connectivity index (χ1n) is 7.27. The molecule has 1 aliphatic rings. The Morgan fingerprint density at radius 3 is 2.70 bits per heavy atom. The molecule has 6 nitrogen and oxygen atoms in total. The highest BCUT2D eigenvalue weighted by molar-refractivity contribution is 7.89. The van der Waals surface area contributed by atoms with Crippen LogP contribution in [0.4, 0.5) is 0 Å². The summed E-state index contributed by atoms with van der Waals surface area (Å²) in [4.78, 5) is 11.8. The van der Waals surface area contributed by atoms with Crippen LogP contribution in [-0.2, 0) is 14.8 Å². The summed E-state index contributed by atoms with van der Waals surface area (Å²) in [7, 11) is -2.53. The molecule has 23 heavy (non-hydrogen) atoms. The van der Waals surface area contributed by atoms with Crippen LogP contribution in [-0.4, -0.2) is 40.6 Å². The van der Waals surface area contributed by atoms with Crippen molar-refractivity contribution >= 4 is 28.4 Å². The Morgan fingerprint density at radius 1 is 1.39 bits per heavy atom. The highest BCUT2D eigenvalue weighted by Crippen LogP contribution is 2.21. The summed E-state index contributed by atoms with van der Waals surface area (Å²) < 4.78 is 32.7. The van der Waals surface area contributed by atoms with Crippen LogP contribution in [0.2, 0.25) is 0 Å². The van der Waals surface area contributed by atoms with E-state index in [0.717, 1.165) is 25.1 Å². The van der Waals surface area contributed by atoms with E-state index >= 15 is 0 Å². The van der Waals surface area contributed by atoms with Crippen molar-refractivity contribution < 1.29 is 17.9 Å². The van der Waals surface area contributed by atoms with Crippen LogP contribution >= 0.6 is 12.4 Å². The number of aryl methyl sites for hydroxylation is 1. The number of sulfonamides is 1. The van der Waals surface area contributed by atoms with Crippen LogP contribution in [0, 0.1) is 12.8 Å². The van der Waals surface area contributed by atoms with Gasteiger partial charge in [0.15, 0.2) is 0 Å². The maximum atomic E-state index is 12.7. The predicted octanol–water partition coefficient (Wildman–Crippen LogP) is 1.48. The van der Waals surface area contributed by atoms with Gasteiger partial charge < -0.3 is 10.1 Å². The average Bonchev–Trinajstić information content (AvgIpc) is 2.48. The third-order valence-corrected chi connectivity index (χ3v) is 5.47. The number of hydrogen-bond donors (Lipinski definition) is 2. The van der Waals surface area contributed by atoms with E-state index in [1.165, 1.54) is 19.2 Å². The molecule has 0 amide bonds. The molecule has 2 atom stereocenters. The molecule has 2 unspecified atom stereocenters. The molecule has 1 aliphatic heterocycles. The van der Waals surface area contributed by atoms with Crippen molar-refractivity contribution in [1.82, 2.24) is 10.0 Å². The fourth-order valence-electron chi connectivity index (χ4n) is 2.60. The molecule has 1 aromatic carbocycles. The SMILES string of the molecule is COC(=O)c1cc(C)ccc1S(=O)(=O)NC1CCNCC1C.Cl. The number of nitrogens with one attached hydrogen (secondary N) is 2. The fraction of sp³-hybridized carbons (Fsp3) is 0.533. The lowest BCUT2D eigenvalue weighted by Crippen LogP contribution is -2.48. The number of carbonyl (C=O) groups excluding carboxylic acids is 1. The van der Waals surface area contributed by atoms with E-state index in [4.69, 9.17) is 4.74 Å². The van der Waals surface area contributed by atoms with Gasteiger partial charge in [-0.3, -0.25) is 0 Å². The second kappa shape index (κ2) is 8.10. The van der Waals surface area contributed by atoms with Crippen LogP contribution in [0.5, 0.6) is 0 Å². The lowest BCUT2D eigenvalue weighted by atomic mass is 9.97. The quantitative estimate of drug-likeness (QED) is 0.792. The van der Waals surface area contributed by atoms with Gasteiger partial charge in [-0.15, -0.1) is 12.4 Å². The van der Waals surface area contributed by atoms with Crippen molar-refractivity contribution in [2.45, 2.75) is 31.2 Å². The van der Waals surface area contributed by atoms with Gasteiger partial charge in [0.05, 0.1) is 17.6 Å². The first kappa shape index (κ1) is 19.9. The van der Waals surface area contributed by atoms with Gasteiger partial charge in [-0.25, -0.2) is 17.9 Å². The van der Waals surface area contributed by atoms with Crippen LogP contribution in [0.15, 0.2) is 23.1 Å². The minimum atomic E-state index is -3.77. The van der Waals surface area contributed by atoms with E-state index in [1.54, 1.807) is 13.0 Å². The minimum absolute atomic E-state index is 0. The van der Waals surface area contributed by atoms with E-state index in [9.17, 15) is 13.2 Å². The second-order valence-electron chi connectivity index (χ2n) is 5.69. The van der Waals surface area contributed by atoms with E-state index < -0.39 is 16.0 Å². The Morgan fingerprint density at radius 2 is 2.09 bits per heavy atom. The third kappa shape index (κ3) is 4.67. The molecule has 1 fully saturated rings. The number of piperidine rings is 1. The molecule has 8 heteroatoms. The maximum Gasteiger partial charge on any atom is 0.339 e. The van der Waals surface area contributed by atoms with Crippen molar-refractivity contribution in [1.29, 1.82) is 0 Å². The van der Waals surface area contributed by atoms with E-state index in [2.05, 4.69) is 10.0 Å². The molecule has 1 heterocycles. The average molecular weight is 363 g/mol. The second-order valence-corrected chi connectivity index (χ2v) is 7.37. The molecule has 2 N–H and O–H groups in total. The first-order chi connectivity index (χ1) is 10.3. The standard InChI is InChI=1S/C15H22N2O4S.ClH/c1-10-4-5-14(12(8-10)15(18)21-3)22(19,20)17-13-6-7-16-9-11(13)2;/h4-5,8,11,13,16-17H,6-7,9H2,1-3H3;1H. The number of ether oxygens (including phenoxy) is 1. The Labute approximate surface area is 143 Å². The molecule has 0 bridgehead atoms. The highest BCUT2D eigenvalue weighted by Gasteiger charge is 2.29. The third-order valence-electron chi connectivity index (χ3n) is 3.92. The number of halogens is 1. The van der Waals surface area contributed by atoms with Gasteiger partial charge in [-0.1, -0.05) is 18.6 Å². The van der Waals surface area contributed by atoms with Gasteiger partial charge in [0, 0.05) is 6.04 Å². The van der Waals surface area contributed by atoms with Crippen LogP contribution in [0.1, 0.15) is 29.3 Å². The molecule has 2 rings (SSSR count). The number of esters is 1. The van der Waals surface area contributed by atoms with E-state index in [0.29, 0.717) is 0 Å². The number of methoxy groups -OCH3 is 1. The lowest BCUT2D eigenvalue weighted by molar-refractivity contribution is 0.0596. The zero-order valence-corrected chi connectivity index (χ0v) is 15.1. The maximum absolute atomic E-state index is 12.7. The van der Waals surface area contributed by atoms with Crippen LogP contribution < -0.4 is 10.0 Å². The zero-order valence-electron chi connectivity index (χ0n) is 13.5. The van der Waals surface area contributed by atoms with Gasteiger partial charge >= 0.3 is 5.97 Å². The Kier molecular flexibility index (Phi) is 7.01. The predicted molar refractivity (Wildman–Crippen MR) is 90.5 cm³/mol. The molecule has 1 aromatic rings. The Balaban J connectivity index is 0.00000264. The molecular formula is C15H23ClN2O4S. The zero-order chi connectivity index (χ0) is 16.3. The highest BCUT2D eigenvalue weighted by atomic mass is 35.5. The van der Waals surface area contributed by atoms with E-state index in [1.807, 2.05) is 6.92 Å². The minimum Gasteiger partial charge on any atom is -0.465 e. The summed E-state index contributed by atoms with van der Waals surface area (Å²) >= 11 is 0. The molecule has 0 aromatic heterocycles. The van der Waals surface area contributed by atoms with Gasteiger partial charge in [0.2, 0.25) is 10.0 Å². The summed E-state index contributed by atoms with van der Waals surface area (Å²) in [6.45, 7) is 5.33. The number of carbonyl (C=O) groups is 1. The molecule has 0 spiro atoms. The summed E-state index contributed by atoms with van der Waals surface area (Å²) in [6.07, 6.45) is 0.722. The largest absolute Gasteiger partial charge is 0.465 e. The van der Waals surface area contributed by atoms with Gasteiger partial charge in [-0.2, -0.15) is 0 Å². The summed E-state index contributed by atoms with van der Waals surface area (Å²) in [5.74, 6) is -0.460. The van der Waals surface area contributed by atoms with Crippen molar-refractivity contribution in [3.8, 4) is 0 Å². The lowest BCUT2D eigenvalue weighted by Gasteiger charge is -2.30. The fourth-order valence-corrected chi connectivity index (χ4v) is 4.15. The van der Waals surface area contributed by atoms with Crippen molar-refractivity contribution in [2.75, 3.05) is 20.2 Å². The Hall–Kier alpha value is -1.15.